The average molecular weight is 376 g/mol. The van der Waals surface area contributed by atoms with E-state index in [1.165, 1.54) is 6.20 Å². The van der Waals surface area contributed by atoms with E-state index >= 15 is 0 Å². The van der Waals surface area contributed by atoms with Crippen molar-refractivity contribution in [2.24, 2.45) is 0 Å². The molecule has 0 spiro atoms. The number of carbonyl (C=O) groups is 1. The number of aromatic nitrogens is 3. The molecule has 1 atom stereocenters. The van der Waals surface area contributed by atoms with E-state index in [4.69, 9.17) is 4.74 Å². The summed E-state index contributed by atoms with van der Waals surface area (Å²) in [6.45, 7) is 2.27. The first-order chi connectivity index (χ1) is 13.6. The van der Waals surface area contributed by atoms with Crippen LogP contribution in [-0.4, -0.2) is 34.3 Å². The van der Waals surface area contributed by atoms with Crippen molar-refractivity contribution in [2.75, 3.05) is 18.6 Å². The Labute approximate surface area is 162 Å². The van der Waals surface area contributed by atoms with Gasteiger partial charge in [-0.3, -0.25) is 4.79 Å². The van der Waals surface area contributed by atoms with Crippen LogP contribution in [0.1, 0.15) is 18.5 Å². The Morgan fingerprint density at radius 3 is 2.79 bits per heavy atom. The van der Waals surface area contributed by atoms with E-state index in [1.807, 2.05) is 42.5 Å². The molecule has 3 aromatic rings. The second-order valence-electron chi connectivity index (χ2n) is 6.65. The third kappa shape index (κ3) is 3.15. The van der Waals surface area contributed by atoms with Gasteiger partial charge < -0.3 is 9.64 Å². The van der Waals surface area contributed by atoms with Crippen LogP contribution in [0.25, 0.3) is 11.3 Å². The molecule has 7 heteroatoms. The molecule has 0 saturated carbocycles. The second-order valence-corrected chi connectivity index (χ2v) is 6.65. The second kappa shape index (κ2) is 7.26. The van der Waals surface area contributed by atoms with Crippen LogP contribution in [0.5, 0.6) is 5.75 Å². The lowest BCUT2D eigenvalue weighted by molar-refractivity contribution is -0.121. The molecule has 1 aliphatic heterocycles. The highest BCUT2D eigenvalue weighted by atomic mass is 16.5. The predicted octanol–water partition coefficient (Wildman–Crippen LogP) is 2.46. The molecule has 0 radical (unpaired) electrons. The van der Waals surface area contributed by atoms with E-state index < -0.39 is 11.7 Å². The Hall–Kier alpha value is -3.48. The van der Waals surface area contributed by atoms with Crippen molar-refractivity contribution >= 4 is 11.6 Å². The van der Waals surface area contributed by atoms with Gasteiger partial charge in [0, 0.05) is 17.8 Å². The fourth-order valence-corrected chi connectivity index (χ4v) is 3.43. The van der Waals surface area contributed by atoms with Crippen LogP contribution in [0.3, 0.4) is 0 Å². The number of anilines is 1. The van der Waals surface area contributed by atoms with Crippen LogP contribution < -0.4 is 15.3 Å². The first kappa shape index (κ1) is 17.9. The topological polar surface area (TPSA) is 77.3 Å². The summed E-state index contributed by atoms with van der Waals surface area (Å²) < 4.78 is 6.34. The number of ether oxygens (including phenoxy) is 1. The van der Waals surface area contributed by atoms with Crippen LogP contribution in [0, 0.1) is 0 Å². The molecule has 0 bridgehead atoms. The minimum atomic E-state index is -0.745. The number of methoxy groups -OCH3 is 1. The maximum atomic E-state index is 13.0. The molecular formula is C21H20N4O3. The third-order valence-electron chi connectivity index (χ3n) is 4.96. The minimum Gasteiger partial charge on any atom is -0.497 e. The molecule has 142 valence electrons. The van der Waals surface area contributed by atoms with E-state index in [1.54, 1.807) is 25.0 Å². The van der Waals surface area contributed by atoms with E-state index in [0.717, 1.165) is 27.9 Å². The number of carbonyl (C=O) groups excluding carboxylic acids is 1. The van der Waals surface area contributed by atoms with Crippen molar-refractivity contribution in [3.8, 4) is 17.0 Å². The summed E-state index contributed by atoms with van der Waals surface area (Å²) in [5, 5.41) is 4.21. The first-order valence-corrected chi connectivity index (χ1v) is 9.08. The van der Waals surface area contributed by atoms with Crippen molar-refractivity contribution in [2.45, 2.75) is 19.4 Å². The number of hydrogen-bond acceptors (Lipinski definition) is 5. The van der Waals surface area contributed by atoms with E-state index in [9.17, 15) is 9.59 Å². The molecule has 2 aromatic carbocycles. The van der Waals surface area contributed by atoms with Gasteiger partial charge in [0.05, 0.1) is 19.0 Å². The van der Waals surface area contributed by atoms with Gasteiger partial charge in [0.25, 0.3) is 5.91 Å². The molecule has 1 amide bonds. The summed E-state index contributed by atoms with van der Waals surface area (Å²) >= 11 is 0. The number of para-hydroxylation sites is 1. The number of rotatable bonds is 4. The predicted molar refractivity (Wildman–Crippen MR) is 105 cm³/mol. The van der Waals surface area contributed by atoms with Crippen LogP contribution in [-0.2, 0) is 11.2 Å². The largest absolute Gasteiger partial charge is 0.497 e. The third-order valence-corrected chi connectivity index (χ3v) is 4.96. The molecule has 4 rings (SSSR count). The number of fused-ring (bicyclic) bond motifs is 1. The lowest BCUT2D eigenvalue weighted by atomic mass is 10.1. The van der Waals surface area contributed by atoms with Gasteiger partial charge in [-0.15, -0.1) is 0 Å². The minimum absolute atomic E-state index is 0.171. The number of hydrogen-bond donors (Lipinski definition) is 0. The SMILES string of the molecule is COc1cccc(-c2cnn(C(C)C(=O)N3CCc4ccccc43)c(=O)n2)c1. The van der Waals surface area contributed by atoms with Crippen LogP contribution in [0.2, 0.25) is 0 Å². The quantitative estimate of drug-likeness (QED) is 0.699. The lowest BCUT2D eigenvalue weighted by Gasteiger charge is -2.22. The van der Waals surface area contributed by atoms with Crippen molar-refractivity contribution in [3.63, 3.8) is 0 Å². The fourth-order valence-electron chi connectivity index (χ4n) is 3.43. The summed E-state index contributed by atoms with van der Waals surface area (Å²) in [5.74, 6) is 0.496. The molecule has 28 heavy (non-hydrogen) atoms. The van der Waals surface area contributed by atoms with Crippen molar-refractivity contribution in [1.82, 2.24) is 14.8 Å². The maximum absolute atomic E-state index is 13.0. The van der Waals surface area contributed by atoms with Gasteiger partial charge >= 0.3 is 5.69 Å². The molecule has 1 aliphatic rings. The van der Waals surface area contributed by atoms with Crippen molar-refractivity contribution < 1.29 is 9.53 Å². The summed E-state index contributed by atoms with van der Waals surface area (Å²) in [5.41, 5.74) is 2.63. The van der Waals surface area contributed by atoms with Gasteiger partial charge in [-0.2, -0.15) is 10.1 Å². The zero-order chi connectivity index (χ0) is 19.7. The fraction of sp³-hybridized carbons (Fsp3) is 0.238. The molecule has 0 N–H and O–H groups in total. The molecule has 0 aliphatic carbocycles. The smallest absolute Gasteiger partial charge is 0.365 e. The Balaban J connectivity index is 1.61. The van der Waals surface area contributed by atoms with Crippen molar-refractivity contribution in [1.29, 1.82) is 0 Å². The van der Waals surface area contributed by atoms with Crippen LogP contribution >= 0.6 is 0 Å². The first-order valence-electron chi connectivity index (χ1n) is 9.08. The molecule has 2 heterocycles. The zero-order valence-corrected chi connectivity index (χ0v) is 15.7. The summed E-state index contributed by atoms with van der Waals surface area (Å²) in [7, 11) is 1.58. The lowest BCUT2D eigenvalue weighted by Crippen LogP contribution is -2.40. The Kier molecular flexibility index (Phi) is 4.65. The normalized spacial score (nSPS) is 13.9. The highest BCUT2D eigenvalue weighted by Gasteiger charge is 2.29. The van der Waals surface area contributed by atoms with Crippen LogP contribution in [0.4, 0.5) is 5.69 Å². The molecule has 1 unspecified atom stereocenters. The number of benzene rings is 2. The summed E-state index contributed by atoms with van der Waals surface area (Å²) in [4.78, 5) is 31.4. The summed E-state index contributed by atoms with van der Waals surface area (Å²) in [6, 6.07) is 14.3. The molecule has 0 saturated heterocycles. The molecule has 7 nitrogen and oxygen atoms in total. The highest BCUT2D eigenvalue weighted by Crippen LogP contribution is 2.29. The van der Waals surface area contributed by atoms with Gasteiger partial charge in [0.2, 0.25) is 0 Å². The molecular weight excluding hydrogens is 356 g/mol. The number of amides is 1. The maximum Gasteiger partial charge on any atom is 0.365 e. The Morgan fingerprint density at radius 1 is 1.18 bits per heavy atom. The van der Waals surface area contributed by atoms with E-state index in [0.29, 0.717) is 18.0 Å². The monoisotopic (exact) mass is 376 g/mol. The van der Waals surface area contributed by atoms with Gasteiger partial charge in [-0.25, -0.2) is 9.48 Å². The van der Waals surface area contributed by atoms with Gasteiger partial charge in [0.15, 0.2) is 0 Å². The number of nitrogens with zero attached hydrogens (tertiary/aromatic N) is 4. The zero-order valence-electron chi connectivity index (χ0n) is 15.7. The standard InChI is InChI=1S/C21H20N4O3/c1-14(20(26)24-11-10-15-6-3-4-9-19(15)24)25-21(27)23-18(13-22-25)16-7-5-8-17(12-16)28-2/h3-9,12-14H,10-11H2,1-2H3. The van der Waals surface area contributed by atoms with Gasteiger partial charge in [0.1, 0.15) is 11.8 Å². The Bertz CT molecular complexity index is 1090. The van der Waals surface area contributed by atoms with Crippen molar-refractivity contribution in [3.05, 3.63) is 70.8 Å². The van der Waals surface area contributed by atoms with E-state index in [-0.39, 0.29) is 5.91 Å². The van der Waals surface area contributed by atoms with Gasteiger partial charge in [-0.05, 0) is 37.1 Å². The molecule has 0 fully saturated rings. The molecule has 1 aromatic heterocycles. The van der Waals surface area contributed by atoms with E-state index in [2.05, 4.69) is 10.1 Å². The summed E-state index contributed by atoms with van der Waals surface area (Å²) in [6.07, 6.45) is 2.31. The Morgan fingerprint density at radius 2 is 2.00 bits per heavy atom. The average Bonchev–Trinajstić information content (AvgIpc) is 3.17. The van der Waals surface area contributed by atoms with Gasteiger partial charge in [-0.1, -0.05) is 30.3 Å². The highest BCUT2D eigenvalue weighted by molar-refractivity contribution is 5.97. The van der Waals surface area contributed by atoms with Crippen LogP contribution in [0.15, 0.2) is 59.5 Å².